The number of hydrogen-bond donors (Lipinski definition) is 1. The Bertz CT molecular complexity index is 262. The Labute approximate surface area is 79.7 Å². The van der Waals surface area contributed by atoms with E-state index in [4.69, 9.17) is 16.7 Å². The van der Waals surface area contributed by atoms with Crippen LogP contribution in [0.25, 0.3) is 0 Å². The number of rotatable bonds is 1. The molecule has 0 spiro atoms. The van der Waals surface area contributed by atoms with Crippen LogP contribution in [0.1, 0.15) is 10.4 Å². The van der Waals surface area contributed by atoms with Gasteiger partial charge in [-0.25, -0.2) is 4.79 Å². The minimum absolute atomic E-state index is 0. The van der Waals surface area contributed by atoms with Crippen LogP contribution in [0.15, 0.2) is 24.3 Å². The van der Waals surface area contributed by atoms with Crippen molar-refractivity contribution in [3.63, 3.8) is 0 Å². The smallest absolute Gasteiger partial charge is 0.337 e. The Hall–Kier alpha value is -0.501. The van der Waals surface area contributed by atoms with Crippen LogP contribution >= 0.6 is 11.6 Å². The van der Waals surface area contributed by atoms with E-state index >= 15 is 0 Å². The molecule has 0 bridgehead atoms. The zero-order chi connectivity index (χ0) is 7.56. The van der Waals surface area contributed by atoms with E-state index in [9.17, 15) is 4.79 Å². The van der Waals surface area contributed by atoms with Crippen LogP contribution in [-0.4, -0.2) is 11.1 Å². The molecule has 4 heteroatoms. The van der Waals surface area contributed by atoms with Gasteiger partial charge in [0.25, 0.3) is 0 Å². The van der Waals surface area contributed by atoms with Crippen LogP contribution in [0.2, 0.25) is 5.02 Å². The van der Waals surface area contributed by atoms with Gasteiger partial charge in [0.2, 0.25) is 0 Å². The fourth-order valence-corrected chi connectivity index (χ4v) is 0.851. The maximum absolute atomic E-state index is 10.3. The molecule has 1 N–H and O–H groups in total. The maximum Gasteiger partial charge on any atom is 0.337 e. The minimum Gasteiger partial charge on any atom is -0.478 e. The van der Waals surface area contributed by atoms with E-state index in [0.717, 1.165) is 0 Å². The molecule has 0 fully saturated rings. The Balaban J connectivity index is 0.000001000. The molecular formula is C7H5ClFeO2. The topological polar surface area (TPSA) is 37.3 Å². The molecule has 0 heterocycles. The van der Waals surface area contributed by atoms with E-state index in [1.807, 2.05) is 0 Å². The molecule has 0 radical (unpaired) electrons. The van der Waals surface area contributed by atoms with E-state index in [1.165, 1.54) is 6.07 Å². The fourth-order valence-electron chi connectivity index (χ4n) is 0.635. The third-order valence-corrected chi connectivity index (χ3v) is 1.43. The molecule has 0 aromatic heterocycles. The predicted octanol–water partition coefficient (Wildman–Crippen LogP) is 2.04. The molecule has 0 aliphatic rings. The first-order valence-electron chi connectivity index (χ1n) is 2.69. The first-order chi connectivity index (χ1) is 4.72. The molecule has 0 aliphatic heterocycles. The Morgan fingerprint density at radius 1 is 1.36 bits per heavy atom. The van der Waals surface area contributed by atoms with Crippen molar-refractivity contribution >= 4 is 17.6 Å². The fraction of sp³-hybridized carbons (Fsp3) is 0. The zero-order valence-corrected chi connectivity index (χ0v) is 7.26. The van der Waals surface area contributed by atoms with E-state index in [2.05, 4.69) is 0 Å². The van der Waals surface area contributed by atoms with Gasteiger partial charge in [-0.1, -0.05) is 23.7 Å². The van der Waals surface area contributed by atoms with Crippen LogP contribution < -0.4 is 0 Å². The van der Waals surface area contributed by atoms with Crippen LogP contribution in [0.3, 0.4) is 0 Å². The van der Waals surface area contributed by atoms with Crippen LogP contribution in [0, 0.1) is 0 Å². The van der Waals surface area contributed by atoms with E-state index in [0.29, 0.717) is 0 Å². The van der Waals surface area contributed by atoms with Crippen molar-refractivity contribution in [2.24, 2.45) is 0 Å². The molecule has 0 saturated heterocycles. The standard InChI is InChI=1S/C7H5ClO2.Fe/c8-6-4-2-1-3-5(6)7(9)10;/h1-4H,(H,9,10);. The molecule has 0 amide bonds. The summed E-state index contributed by atoms with van der Waals surface area (Å²) in [6.45, 7) is 0. The van der Waals surface area contributed by atoms with Crippen LogP contribution in [-0.2, 0) is 17.1 Å². The summed E-state index contributed by atoms with van der Waals surface area (Å²) in [5.41, 5.74) is 0.143. The summed E-state index contributed by atoms with van der Waals surface area (Å²) >= 11 is 5.54. The van der Waals surface area contributed by atoms with E-state index in [-0.39, 0.29) is 27.7 Å². The van der Waals surface area contributed by atoms with Gasteiger partial charge in [-0.15, -0.1) is 0 Å². The molecule has 1 aromatic rings. The average Bonchev–Trinajstić information content (AvgIpc) is 1.88. The zero-order valence-electron chi connectivity index (χ0n) is 5.40. The predicted molar refractivity (Wildman–Crippen MR) is 38.4 cm³/mol. The minimum atomic E-state index is -0.995. The van der Waals surface area contributed by atoms with E-state index in [1.54, 1.807) is 18.2 Å². The Morgan fingerprint density at radius 3 is 2.27 bits per heavy atom. The number of benzene rings is 1. The average molecular weight is 212 g/mol. The van der Waals surface area contributed by atoms with Crippen molar-refractivity contribution in [1.82, 2.24) is 0 Å². The van der Waals surface area contributed by atoms with Crippen molar-refractivity contribution in [2.45, 2.75) is 0 Å². The number of halogens is 1. The largest absolute Gasteiger partial charge is 0.478 e. The molecule has 2 nitrogen and oxygen atoms in total. The van der Waals surface area contributed by atoms with Crippen molar-refractivity contribution in [2.75, 3.05) is 0 Å². The van der Waals surface area contributed by atoms with Crippen LogP contribution in [0.4, 0.5) is 0 Å². The first-order valence-corrected chi connectivity index (χ1v) is 3.07. The number of aromatic carboxylic acids is 1. The van der Waals surface area contributed by atoms with Crippen molar-refractivity contribution in [3.8, 4) is 0 Å². The summed E-state index contributed by atoms with van der Waals surface area (Å²) in [5.74, 6) is -0.995. The van der Waals surface area contributed by atoms with E-state index < -0.39 is 5.97 Å². The summed E-state index contributed by atoms with van der Waals surface area (Å²) in [4.78, 5) is 10.3. The third kappa shape index (κ3) is 2.54. The Morgan fingerprint density at radius 2 is 1.91 bits per heavy atom. The summed E-state index contributed by atoms with van der Waals surface area (Å²) in [5, 5.41) is 8.75. The molecule has 60 valence electrons. The number of carboxylic acids is 1. The quantitative estimate of drug-likeness (QED) is 0.723. The summed E-state index contributed by atoms with van der Waals surface area (Å²) in [6, 6.07) is 6.33. The molecule has 11 heavy (non-hydrogen) atoms. The summed E-state index contributed by atoms with van der Waals surface area (Å²) in [6.07, 6.45) is 0. The Kier molecular flexibility index (Phi) is 4.19. The molecule has 0 atom stereocenters. The molecule has 0 unspecified atom stereocenters. The molecular weight excluding hydrogens is 207 g/mol. The monoisotopic (exact) mass is 212 g/mol. The van der Waals surface area contributed by atoms with Gasteiger partial charge in [0.1, 0.15) is 0 Å². The second-order valence-corrected chi connectivity index (χ2v) is 2.19. The van der Waals surface area contributed by atoms with Gasteiger partial charge in [0, 0.05) is 17.1 Å². The van der Waals surface area contributed by atoms with Crippen molar-refractivity contribution in [3.05, 3.63) is 34.9 Å². The third-order valence-electron chi connectivity index (χ3n) is 1.10. The number of hydrogen-bond acceptors (Lipinski definition) is 1. The second-order valence-electron chi connectivity index (χ2n) is 1.78. The molecule has 1 rings (SSSR count). The summed E-state index contributed by atoms with van der Waals surface area (Å²) in [7, 11) is 0. The SMILES string of the molecule is O=C(O)c1ccccc1Cl.[Fe]. The van der Waals surface area contributed by atoms with Gasteiger partial charge < -0.3 is 5.11 Å². The second kappa shape index (κ2) is 4.39. The van der Waals surface area contributed by atoms with Gasteiger partial charge in [-0.2, -0.15) is 0 Å². The van der Waals surface area contributed by atoms with Gasteiger partial charge in [-0.05, 0) is 12.1 Å². The van der Waals surface area contributed by atoms with Crippen molar-refractivity contribution in [1.29, 1.82) is 0 Å². The number of carboxylic acid groups (broad SMARTS) is 1. The molecule has 0 aliphatic carbocycles. The number of carbonyl (C=O) groups is 1. The van der Waals surface area contributed by atoms with Gasteiger partial charge in [0.15, 0.2) is 0 Å². The van der Waals surface area contributed by atoms with Crippen LogP contribution in [0.5, 0.6) is 0 Å². The normalized spacial score (nSPS) is 8.45. The molecule has 1 aromatic carbocycles. The maximum atomic E-state index is 10.3. The molecule has 0 saturated carbocycles. The van der Waals surface area contributed by atoms with Crippen molar-refractivity contribution < 1.29 is 27.0 Å². The first kappa shape index (κ1) is 10.5. The van der Waals surface area contributed by atoms with Gasteiger partial charge in [-0.3, -0.25) is 0 Å². The van der Waals surface area contributed by atoms with Gasteiger partial charge in [0.05, 0.1) is 10.6 Å². The van der Waals surface area contributed by atoms with Gasteiger partial charge >= 0.3 is 5.97 Å². The summed E-state index contributed by atoms with van der Waals surface area (Å²) < 4.78 is 0.